The van der Waals surface area contributed by atoms with E-state index in [-0.39, 0.29) is 11.0 Å². The van der Waals surface area contributed by atoms with Gasteiger partial charge in [-0.15, -0.1) is 5.92 Å². The molecule has 0 spiro atoms. The van der Waals surface area contributed by atoms with Gasteiger partial charge in [0.05, 0.1) is 0 Å². The third-order valence-corrected chi connectivity index (χ3v) is 2.25. The molecule has 0 unspecified atom stereocenters. The Morgan fingerprint density at radius 3 is 2.25 bits per heavy atom. The minimum absolute atomic E-state index is 0.0677. The number of nitrogens with two attached hydrogens (primary N) is 1. The first-order valence-electron chi connectivity index (χ1n) is 4.70. The van der Waals surface area contributed by atoms with Crippen LogP contribution in [0.25, 0.3) is 0 Å². The minimum Gasteiger partial charge on any atom is -0.324 e. The van der Waals surface area contributed by atoms with E-state index in [4.69, 9.17) is 5.73 Å². The van der Waals surface area contributed by atoms with Gasteiger partial charge >= 0.3 is 0 Å². The molecule has 1 fully saturated rings. The van der Waals surface area contributed by atoms with Crippen molar-refractivity contribution in [1.29, 1.82) is 0 Å². The third-order valence-electron chi connectivity index (χ3n) is 2.25. The van der Waals surface area contributed by atoms with E-state index in [1.807, 2.05) is 0 Å². The predicted octanol–water partition coefficient (Wildman–Crippen LogP) is 2.31. The highest BCUT2D eigenvalue weighted by Gasteiger charge is 2.31. The van der Waals surface area contributed by atoms with Crippen LogP contribution in [-0.2, 0) is 0 Å². The van der Waals surface area contributed by atoms with Gasteiger partial charge in [-0.2, -0.15) is 0 Å². The van der Waals surface area contributed by atoms with E-state index in [0.29, 0.717) is 0 Å². The molecule has 0 amide bonds. The second-order valence-corrected chi connectivity index (χ2v) is 4.94. The molecule has 1 aliphatic rings. The molecule has 1 heteroatoms. The Morgan fingerprint density at radius 2 is 1.92 bits per heavy atom. The first-order chi connectivity index (χ1) is 5.41. The summed E-state index contributed by atoms with van der Waals surface area (Å²) < 4.78 is 0. The van der Waals surface area contributed by atoms with Crippen molar-refractivity contribution in [2.75, 3.05) is 0 Å². The predicted molar refractivity (Wildman–Crippen MR) is 52.6 cm³/mol. The lowest BCUT2D eigenvalue weighted by Gasteiger charge is -2.36. The van der Waals surface area contributed by atoms with Crippen LogP contribution in [-0.4, -0.2) is 5.54 Å². The summed E-state index contributed by atoms with van der Waals surface area (Å²) in [7, 11) is 0. The van der Waals surface area contributed by atoms with Crippen molar-refractivity contribution in [2.45, 2.75) is 52.0 Å². The summed E-state index contributed by atoms with van der Waals surface area (Å²) in [6.07, 6.45) is 4.48. The van der Waals surface area contributed by atoms with Crippen molar-refractivity contribution < 1.29 is 0 Å². The molecule has 0 aromatic rings. The molecule has 1 saturated carbocycles. The molecule has 2 N–H and O–H groups in total. The Hall–Kier alpha value is -0.480. The molecule has 0 heterocycles. The van der Waals surface area contributed by atoms with Gasteiger partial charge in [0.2, 0.25) is 0 Å². The standard InChI is InChI=1S/C11H19N/c1-10(2,3)6-4-7-11(12)8-5-9-11/h5,7-9,12H2,1-3H3. The molecule has 0 aromatic carbocycles. The van der Waals surface area contributed by atoms with Crippen molar-refractivity contribution in [1.82, 2.24) is 0 Å². The highest BCUT2D eigenvalue weighted by atomic mass is 14.8. The van der Waals surface area contributed by atoms with E-state index in [9.17, 15) is 0 Å². The van der Waals surface area contributed by atoms with E-state index in [0.717, 1.165) is 19.3 Å². The molecular formula is C11H19N. The van der Waals surface area contributed by atoms with Crippen molar-refractivity contribution in [3.8, 4) is 11.8 Å². The summed E-state index contributed by atoms with van der Waals surface area (Å²) in [5.74, 6) is 6.41. The average molecular weight is 165 g/mol. The van der Waals surface area contributed by atoms with Gasteiger partial charge in [-0.05, 0) is 40.0 Å². The van der Waals surface area contributed by atoms with Gasteiger partial charge in [-0.25, -0.2) is 0 Å². The molecule has 12 heavy (non-hydrogen) atoms. The Balaban J connectivity index is 2.37. The molecule has 0 saturated heterocycles. The van der Waals surface area contributed by atoms with Crippen LogP contribution in [0.15, 0.2) is 0 Å². The topological polar surface area (TPSA) is 26.0 Å². The fourth-order valence-corrected chi connectivity index (χ4v) is 1.29. The average Bonchev–Trinajstić information content (AvgIpc) is 1.81. The maximum atomic E-state index is 6.03. The summed E-state index contributed by atoms with van der Waals surface area (Å²) >= 11 is 0. The smallest absolute Gasteiger partial charge is 0.0270 e. The summed E-state index contributed by atoms with van der Waals surface area (Å²) in [6.45, 7) is 6.39. The fraction of sp³-hybridized carbons (Fsp3) is 0.818. The Kier molecular flexibility index (Phi) is 2.49. The van der Waals surface area contributed by atoms with E-state index in [1.165, 1.54) is 6.42 Å². The first kappa shape index (κ1) is 9.61. The summed E-state index contributed by atoms with van der Waals surface area (Å²) in [6, 6.07) is 0. The van der Waals surface area contributed by atoms with E-state index in [2.05, 4.69) is 32.6 Å². The van der Waals surface area contributed by atoms with Crippen LogP contribution in [0.2, 0.25) is 0 Å². The van der Waals surface area contributed by atoms with E-state index < -0.39 is 0 Å². The fourth-order valence-electron chi connectivity index (χ4n) is 1.29. The number of hydrogen-bond donors (Lipinski definition) is 1. The zero-order valence-corrected chi connectivity index (χ0v) is 8.41. The zero-order chi connectivity index (χ0) is 9.24. The Labute approximate surface area is 75.7 Å². The maximum absolute atomic E-state index is 6.03. The van der Waals surface area contributed by atoms with Crippen LogP contribution < -0.4 is 5.73 Å². The maximum Gasteiger partial charge on any atom is 0.0270 e. The molecule has 68 valence electrons. The molecule has 1 rings (SSSR count). The largest absolute Gasteiger partial charge is 0.324 e. The summed E-state index contributed by atoms with van der Waals surface area (Å²) in [4.78, 5) is 0. The highest BCUT2D eigenvalue weighted by molar-refractivity contribution is 5.12. The van der Waals surface area contributed by atoms with Gasteiger partial charge in [-0.3, -0.25) is 0 Å². The molecule has 0 bridgehead atoms. The Bertz CT molecular complexity index is 207. The highest BCUT2D eigenvalue weighted by Crippen LogP contribution is 2.31. The van der Waals surface area contributed by atoms with Crippen molar-refractivity contribution in [3.05, 3.63) is 0 Å². The summed E-state index contributed by atoms with van der Waals surface area (Å²) in [5.41, 5.74) is 6.22. The van der Waals surface area contributed by atoms with Crippen LogP contribution in [0.5, 0.6) is 0 Å². The molecule has 0 radical (unpaired) electrons. The second kappa shape index (κ2) is 3.11. The van der Waals surface area contributed by atoms with Crippen LogP contribution in [0.1, 0.15) is 46.5 Å². The van der Waals surface area contributed by atoms with Gasteiger partial charge in [0.15, 0.2) is 0 Å². The van der Waals surface area contributed by atoms with Gasteiger partial charge in [-0.1, -0.05) is 5.92 Å². The van der Waals surface area contributed by atoms with Gasteiger partial charge in [0.25, 0.3) is 0 Å². The van der Waals surface area contributed by atoms with Crippen LogP contribution >= 0.6 is 0 Å². The van der Waals surface area contributed by atoms with Crippen LogP contribution in [0, 0.1) is 17.3 Å². The molecule has 1 nitrogen and oxygen atoms in total. The normalized spacial score (nSPS) is 20.7. The SMILES string of the molecule is CC(C)(C)C#CCC1(N)CCC1. The van der Waals surface area contributed by atoms with Crippen molar-refractivity contribution in [3.63, 3.8) is 0 Å². The van der Waals surface area contributed by atoms with Crippen molar-refractivity contribution in [2.24, 2.45) is 11.1 Å². The number of hydrogen-bond acceptors (Lipinski definition) is 1. The van der Waals surface area contributed by atoms with Crippen LogP contribution in [0.3, 0.4) is 0 Å². The third kappa shape index (κ3) is 2.87. The van der Waals surface area contributed by atoms with E-state index >= 15 is 0 Å². The molecule has 0 atom stereocenters. The zero-order valence-electron chi connectivity index (χ0n) is 8.41. The van der Waals surface area contributed by atoms with E-state index in [1.54, 1.807) is 0 Å². The quantitative estimate of drug-likeness (QED) is 0.593. The lowest BCUT2D eigenvalue weighted by Crippen LogP contribution is -2.45. The van der Waals surface area contributed by atoms with Gasteiger partial charge < -0.3 is 5.73 Å². The van der Waals surface area contributed by atoms with Gasteiger partial charge in [0.1, 0.15) is 0 Å². The second-order valence-electron chi connectivity index (χ2n) is 4.94. The lowest BCUT2D eigenvalue weighted by atomic mass is 9.75. The lowest BCUT2D eigenvalue weighted by molar-refractivity contribution is 0.255. The molecule has 0 aromatic heterocycles. The molecule has 1 aliphatic carbocycles. The minimum atomic E-state index is 0.0677. The molecule has 0 aliphatic heterocycles. The van der Waals surface area contributed by atoms with Gasteiger partial charge in [0, 0.05) is 17.4 Å². The van der Waals surface area contributed by atoms with Crippen molar-refractivity contribution >= 4 is 0 Å². The molecular weight excluding hydrogens is 146 g/mol. The number of rotatable bonds is 1. The summed E-state index contributed by atoms with van der Waals surface area (Å²) in [5, 5.41) is 0. The van der Waals surface area contributed by atoms with Crippen LogP contribution in [0.4, 0.5) is 0 Å². The Morgan fingerprint density at radius 1 is 1.33 bits per heavy atom. The first-order valence-corrected chi connectivity index (χ1v) is 4.70. The monoisotopic (exact) mass is 165 g/mol.